The second kappa shape index (κ2) is 9.36. The molecule has 0 saturated carbocycles. The van der Waals surface area contributed by atoms with E-state index in [1.165, 1.54) is 30.1 Å². The molecule has 0 aliphatic carbocycles. The number of para-hydroxylation sites is 1. The van der Waals surface area contributed by atoms with Crippen LogP contribution in [0.4, 0.5) is 5.69 Å². The Bertz CT molecular complexity index is 703. The molecule has 2 aromatic carbocycles. The zero-order valence-electron chi connectivity index (χ0n) is 12.8. The van der Waals surface area contributed by atoms with Crippen molar-refractivity contribution in [2.45, 2.75) is 0 Å². The number of carbonyl (C=O) groups is 2. The van der Waals surface area contributed by atoms with E-state index in [1.54, 1.807) is 24.3 Å². The van der Waals surface area contributed by atoms with Gasteiger partial charge in [0.05, 0.1) is 17.7 Å². The van der Waals surface area contributed by atoms with E-state index in [0.29, 0.717) is 0 Å². The Morgan fingerprint density at radius 3 is 2.38 bits per heavy atom. The van der Waals surface area contributed by atoms with Gasteiger partial charge in [0, 0.05) is 5.69 Å². The van der Waals surface area contributed by atoms with E-state index in [2.05, 4.69) is 15.8 Å². The zero-order valence-corrected chi connectivity index (χ0v) is 13.6. The summed E-state index contributed by atoms with van der Waals surface area (Å²) < 4.78 is 0. The number of thioether (sulfide) groups is 1. The van der Waals surface area contributed by atoms with E-state index in [-0.39, 0.29) is 29.1 Å². The minimum atomic E-state index is -0.289. The van der Waals surface area contributed by atoms with Crippen LogP contribution in [0.5, 0.6) is 5.75 Å². The second-order valence-electron chi connectivity index (χ2n) is 4.79. The van der Waals surface area contributed by atoms with Crippen LogP contribution in [0.1, 0.15) is 5.56 Å². The topological polar surface area (TPSA) is 90.8 Å². The molecule has 0 aliphatic rings. The number of anilines is 1. The summed E-state index contributed by atoms with van der Waals surface area (Å²) in [6.45, 7) is 0. The average Bonchev–Trinajstić information content (AvgIpc) is 2.57. The molecule has 0 fully saturated rings. The van der Waals surface area contributed by atoms with Gasteiger partial charge in [0.25, 0.3) is 0 Å². The molecule has 0 heterocycles. The van der Waals surface area contributed by atoms with E-state index in [1.807, 2.05) is 18.2 Å². The summed E-state index contributed by atoms with van der Waals surface area (Å²) in [6.07, 6.45) is 1.48. The molecule has 2 aromatic rings. The Hall–Kier alpha value is -2.80. The molecule has 6 nitrogen and oxygen atoms in total. The van der Waals surface area contributed by atoms with Crippen molar-refractivity contribution in [3.8, 4) is 5.75 Å². The quantitative estimate of drug-likeness (QED) is 0.531. The van der Waals surface area contributed by atoms with Gasteiger partial charge >= 0.3 is 0 Å². The predicted molar refractivity (Wildman–Crippen MR) is 96.2 cm³/mol. The normalized spacial score (nSPS) is 10.5. The van der Waals surface area contributed by atoms with Crippen molar-refractivity contribution in [1.82, 2.24) is 5.43 Å². The van der Waals surface area contributed by atoms with Crippen molar-refractivity contribution in [3.63, 3.8) is 0 Å². The Morgan fingerprint density at radius 2 is 1.67 bits per heavy atom. The Labute approximate surface area is 144 Å². The maximum Gasteiger partial charge on any atom is 0.250 e. The Balaban J connectivity index is 1.64. The molecule has 7 heteroatoms. The van der Waals surface area contributed by atoms with Gasteiger partial charge in [0.15, 0.2) is 0 Å². The van der Waals surface area contributed by atoms with E-state index in [9.17, 15) is 9.59 Å². The first kappa shape index (κ1) is 17.6. The molecular formula is C17H17N3O3S. The molecule has 0 atom stereocenters. The third-order valence-electron chi connectivity index (χ3n) is 2.82. The number of rotatable bonds is 7. The highest BCUT2D eigenvalue weighted by molar-refractivity contribution is 8.00. The third kappa shape index (κ3) is 6.53. The lowest BCUT2D eigenvalue weighted by Crippen LogP contribution is -2.21. The molecule has 124 valence electrons. The summed E-state index contributed by atoms with van der Waals surface area (Å²) in [5, 5.41) is 15.7. The van der Waals surface area contributed by atoms with Gasteiger partial charge in [0.2, 0.25) is 11.8 Å². The number of hydrogen-bond donors (Lipinski definition) is 3. The van der Waals surface area contributed by atoms with Crippen molar-refractivity contribution in [1.29, 1.82) is 0 Å². The van der Waals surface area contributed by atoms with Crippen LogP contribution in [0.3, 0.4) is 0 Å². The second-order valence-corrected chi connectivity index (χ2v) is 5.78. The molecule has 0 saturated heterocycles. The maximum absolute atomic E-state index is 11.7. The molecule has 0 aliphatic heterocycles. The number of carbonyl (C=O) groups excluding carboxylic acids is 2. The number of aromatic hydroxyl groups is 1. The maximum atomic E-state index is 11.7. The first-order valence-electron chi connectivity index (χ1n) is 7.17. The molecule has 0 aromatic heterocycles. The van der Waals surface area contributed by atoms with Crippen LogP contribution in [0.2, 0.25) is 0 Å². The van der Waals surface area contributed by atoms with Crippen LogP contribution in [0, 0.1) is 0 Å². The molecule has 0 radical (unpaired) electrons. The summed E-state index contributed by atoms with van der Waals surface area (Å²) in [4.78, 5) is 23.3. The van der Waals surface area contributed by atoms with E-state index < -0.39 is 0 Å². The van der Waals surface area contributed by atoms with Crippen molar-refractivity contribution < 1.29 is 14.7 Å². The smallest absolute Gasteiger partial charge is 0.250 e. The summed E-state index contributed by atoms with van der Waals surface area (Å²) in [5.74, 6) is 0.0366. The van der Waals surface area contributed by atoms with Gasteiger partial charge in [-0.2, -0.15) is 5.10 Å². The van der Waals surface area contributed by atoms with Crippen molar-refractivity contribution in [2.75, 3.05) is 16.8 Å². The largest absolute Gasteiger partial charge is 0.508 e. The highest BCUT2D eigenvalue weighted by Crippen LogP contribution is 2.08. The van der Waals surface area contributed by atoms with Gasteiger partial charge < -0.3 is 10.4 Å². The fourth-order valence-corrected chi connectivity index (χ4v) is 2.34. The number of hydrazone groups is 1. The predicted octanol–water partition coefficient (Wildman–Crippen LogP) is 2.21. The van der Waals surface area contributed by atoms with Crippen LogP contribution in [0.15, 0.2) is 59.7 Å². The first-order chi connectivity index (χ1) is 11.6. The fraction of sp³-hybridized carbons (Fsp3) is 0.118. The lowest BCUT2D eigenvalue weighted by molar-refractivity contribution is -0.118. The number of amides is 2. The summed E-state index contributed by atoms with van der Waals surface area (Å²) in [7, 11) is 0. The van der Waals surface area contributed by atoms with Gasteiger partial charge in [-0.05, 0) is 42.0 Å². The Morgan fingerprint density at radius 1 is 1.00 bits per heavy atom. The van der Waals surface area contributed by atoms with Crippen LogP contribution in [-0.4, -0.2) is 34.6 Å². The summed E-state index contributed by atoms with van der Waals surface area (Å²) in [5.41, 5.74) is 3.87. The molecule has 24 heavy (non-hydrogen) atoms. The van der Waals surface area contributed by atoms with Crippen LogP contribution in [-0.2, 0) is 9.59 Å². The summed E-state index contributed by atoms with van der Waals surface area (Å²) >= 11 is 1.21. The standard InChI is InChI=1S/C17H17N3O3S/c21-15-8-6-13(7-9-15)10-18-20-17(23)12-24-11-16(22)19-14-4-2-1-3-5-14/h1-10,21H,11-12H2,(H,19,22)(H,20,23)/b18-10+. The van der Waals surface area contributed by atoms with Gasteiger partial charge in [-0.25, -0.2) is 5.43 Å². The van der Waals surface area contributed by atoms with E-state index >= 15 is 0 Å². The third-order valence-corrected chi connectivity index (χ3v) is 3.75. The highest BCUT2D eigenvalue weighted by atomic mass is 32.2. The van der Waals surface area contributed by atoms with E-state index in [4.69, 9.17) is 5.11 Å². The molecule has 2 rings (SSSR count). The Kier molecular flexibility index (Phi) is 6.85. The fourth-order valence-electron chi connectivity index (χ4n) is 1.73. The number of benzene rings is 2. The van der Waals surface area contributed by atoms with Crippen molar-refractivity contribution in [2.24, 2.45) is 5.10 Å². The number of phenols is 1. The van der Waals surface area contributed by atoms with Crippen LogP contribution < -0.4 is 10.7 Å². The molecule has 3 N–H and O–H groups in total. The number of nitrogens with zero attached hydrogens (tertiary/aromatic N) is 1. The number of nitrogens with one attached hydrogen (secondary N) is 2. The van der Waals surface area contributed by atoms with Crippen LogP contribution >= 0.6 is 11.8 Å². The highest BCUT2D eigenvalue weighted by Gasteiger charge is 2.05. The SMILES string of the molecule is O=C(CSCC(=O)Nc1ccccc1)N/N=C/c1ccc(O)cc1. The van der Waals surface area contributed by atoms with Gasteiger partial charge in [-0.3, -0.25) is 9.59 Å². The first-order valence-corrected chi connectivity index (χ1v) is 8.32. The lowest BCUT2D eigenvalue weighted by atomic mass is 10.2. The molecule has 2 amide bonds. The summed E-state index contributed by atoms with van der Waals surface area (Å²) in [6, 6.07) is 15.6. The van der Waals surface area contributed by atoms with Gasteiger partial charge in [-0.15, -0.1) is 11.8 Å². The van der Waals surface area contributed by atoms with Crippen molar-refractivity contribution in [3.05, 3.63) is 60.2 Å². The van der Waals surface area contributed by atoms with Gasteiger partial charge in [0.1, 0.15) is 5.75 Å². The monoisotopic (exact) mass is 343 g/mol. The molecule has 0 bridgehead atoms. The van der Waals surface area contributed by atoms with Crippen molar-refractivity contribution >= 4 is 35.5 Å². The molecular weight excluding hydrogens is 326 g/mol. The minimum absolute atomic E-state index is 0.134. The molecule has 0 unspecified atom stereocenters. The number of hydrogen-bond acceptors (Lipinski definition) is 5. The minimum Gasteiger partial charge on any atom is -0.508 e. The number of phenolic OH excluding ortho intramolecular Hbond substituents is 1. The molecule has 0 spiro atoms. The van der Waals surface area contributed by atoms with E-state index in [0.717, 1.165) is 11.3 Å². The zero-order chi connectivity index (χ0) is 17.2. The lowest BCUT2D eigenvalue weighted by Gasteiger charge is -2.04. The van der Waals surface area contributed by atoms with Gasteiger partial charge in [-0.1, -0.05) is 18.2 Å². The van der Waals surface area contributed by atoms with Crippen LogP contribution in [0.25, 0.3) is 0 Å². The average molecular weight is 343 g/mol.